The highest BCUT2D eigenvalue weighted by Crippen LogP contribution is 2.35. The summed E-state index contributed by atoms with van der Waals surface area (Å²) in [7, 11) is 1.83. The van der Waals surface area contributed by atoms with E-state index in [4.69, 9.17) is 10.5 Å². The summed E-state index contributed by atoms with van der Waals surface area (Å²) in [5.41, 5.74) is 8.05. The first-order valence-electron chi connectivity index (χ1n) is 8.23. The summed E-state index contributed by atoms with van der Waals surface area (Å²) < 4.78 is 5.91. The Morgan fingerprint density at radius 3 is 2.76 bits per heavy atom. The Bertz CT molecular complexity index is 418. The summed E-state index contributed by atoms with van der Waals surface area (Å²) in [4.78, 5) is 4.26. The summed E-state index contributed by atoms with van der Waals surface area (Å²) in [6.07, 6.45) is 11.4. The zero-order chi connectivity index (χ0) is 15.1. The average molecular weight is 291 g/mol. The van der Waals surface area contributed by atoms with Gasteiger partial charge in [0.15, 0.2) is 0 Å². The van der Waals surface area contributed by atoms with Crippen molar-refractivity contribution >= 4 is 5.69 Å². The first-order valence-corrected chi connectivity index (χ1v) is 8.23. The van der Waals surface area contributed by atoms with Crippen LogP contribution in [0.25, 0.3) is 0 Å². The van der Waals surface area contributed by atoms with Crippen LogP contribution in [-0.4, -0.2) is 24.7 Å². The third kappa shape index (κ3) is 4.17. The number of hydrogen-bond acceptors (Lipinski definition) is 4. The molecule has 1 aromatic heterocycles. The van der Waals surface area contributed by atoms with Crippen LogP contribution in [0.3, 0.4) is 0 Å². The molecule has 1 aliphatic carbocycles. The monoisotopic (exact) mass is 291 g/mol. The molecule has 0 amide bonds. The van der Waals surface area contributed by atoms with Crippen LogP contribution in [0.15, 0.2) is 18.5 Å². The van der Waals surface area contributed by atoms with E-state index in [0.29, 0.717) is 5.92 Å². The Morgan fingerprint density at radius 1 is 1.38 bits per heavy atom. The number of nitrogens with one attached hydrogen (secondary N) is 1. The molecule has 1 saturated carbocycles. The fourth-order valence-corrected chi connectivity index (χ4v) is 3.44. The van der Waals surface area contributed by atoms with Gasteiger partial charge >= 0.3 is 0 Å². The van der Waals surface area contributed by atoms with Crippen LogP contribution in [0.5, 0.6) is 0 Å². The summed E-state index contributed by atoms with van der Waals surface area (Å²) in [5, 5.41) is 3.63. The van der Waals surface area contributed by atoms with Crippen LogP contribution in [-0.2, 0) is 4.74 Å². The van der Waals surface area contributed by atoms with Crippen LogP contribution in [0.2, 0.25) is 0 Å². The van der Waals surface area contributed by atoms with Gasteiger partial charge in [-0.25, -0.2) is 0 Å². The van der Waals surface area contributed by atoms with E-state index in [9.17, 15) is 0 Å². The van der Waals surface area contributed by atoms with Crippen molar-refractivity contribution in [2.75, 3.05) is 19.4 Å². The molecule has 1 aromatic rings. The lowest BCUT2D eigenvalue weighted by atomic mass is 9.81. The van der Waals surface area contributed by atoms with Gasteiger partial charge in [-0.3, -0.25) is 4.98 Å². The van der Waals surface area contributed by atoms with Crippen LogP contribution in [0.4, 0.5) is 5.69 Å². The number of anilines is 1. The number of rotatable bonds is 7. The van der Waals surface area contributed by atoms with Gasteiger partial charge in [-0.2, -0.15) is 0 Å². The number of methoxy groups -OCH3 is 1. The van der Waals surface area contributed by atoms with Crippen LogP contribution in [0, 0.1) is 5.92 Å². The van der Waals surface area contributed by atoms with E-state index in [1.54, 1.807) is 6.20 Å². The van der Waals surface area contributed by atoms with Gasteiger partial charge < -0.3 is 15.8 Å². The Morgan fingerprint density at radius 2 is 2.14 bits per heavy atom. The first kappa shape index (κ1) is 16.2. The lowest BCUT2D eigenvalue weighted by molar-refractivity contribution is 0.00766. The second-order valence-corrected chi connectivity index (χ2v) is 6.03. The number of nitrogens with two attached hydrogens (primary N) is 1. The Hall–Kier alpha value is -1.13. The fraction of sp³-hybridized carbons (Fsp3) is 0.706. The lowest BCUT2D eigenvalue weighted by Gasteiger charge is -2.36. The van der Waals surface area contributed by atoms with Crippen LogP contribution >= 0.6 is 0 Å². The van der Waals surface area contributed by atoms with E-state index >= 15 is 0 Å². The minimum Gasteiger partial charge on any atom is -0.398 e. The maximum atomic E-state index is 6.18. The van der Waals surface area contributed by atoms with Crippen molar-refractivity contribution in [3.8, 4) is 0 Å². The topological polar surface area (TPSA) is 60.2 Å². The molecule has 1 fully saturated rings. The van der Waals surface area contributed by atoms with E-state index < -0.39 is 0 Å². The van der Waals surface area contributed by atoms with Gasteiger partial charge in [0, 0.05) is 30.8 Å². The van der Waals surface area contributed by atoms with Crippen molar-refractivity contribution < 1.29 is 4.74 Å². The number of aromatic nitrogens is 1. The molecule has 0 bridgehead atoms. The van der Waals surface area contributed by atoms with Crippen molar-refractivity contribution in [2.24, 2.45) is 5.92 Å². The Labute approximate surface area is 128 Å². The fourth-order valence-electron chi connectivity index (χ4n) is 3.44. The molecule has 0 spiro atoms. The minimum absolute atomic E-state index is 0.131. The van der Waals surface area contributed by atoms with E-state index in [1.807, 2.05) is 19.4 Å². The average Bonchev–Trinajstić information content (AvgIpc) is 2.53. The standard InChI is InChI=1S/C17H29N3O/c1-3-10-20-16(14-12-19-11-9-15(14)18)17(21-2)13-7-5-4-6-8-13/h9,11-13,16-17,20H,3-8,10H2,1-2H3,(H2,18,19). The normalized spacial score (nSPS) is 19.3. The highest BCUT2D eigenvalue weighted by atomic mass is 16.5. The highest BCUT2D eigenvalue weighted by Gasteiger charge is 2.32. The number of pyridine rings is 1. The van der Waals surface area contributed by atoms with Crippen LogP contribution < -0.4 is 11.1 Å². The number of hydrogen-bond donors (Lipinski definition) is 2. The molecule has 4 heteroatoms. The summed E-state index contributed by atoms with van der Waals surface area (Å²) in [6.45, 7) is 3.14. The van der Waals surface area contributed by atoms with Crippen LogP contribution in [0.1, 0.15) is 57.1 Å². The van der Waals surface area contributed by atoms with Gasteiger partial charge in [0.25, 0.3) is 0 Å². The molecule has 1 aliphatic rings. The largest absolute Gasteiger partial charge is 0.398 e. The second-order valence-electron chi connectivity index (χ2n) is 6.03. The van der Waals surface area contributed by atoms with Gasteiger partial charge in [-0.05, 0) is 37.8 Å². The van der Waals surface area contributed by atoms with E-state index in [-0.39, 0.29) is 12.1 Å². The lowest BCUT2D eigenvalue weighted by Crippen LogP contribution is -2.40. The molecule has 4 nitrogen and oxygen atoms in total. The molecule has 1 heterocycles. The maximum absolute atomic E-state index is 6.18. The molecule has 0 radical (unpaired) electrons. The Kier molecular flexibility index (Phi) is 6.46. The quantitative estimate of drug-likeness (QED) is 0.809. The maximum Gasteiger partial charge on any atom is 0.0795 e. The molecule has 0 aliphatic heterocycles. The molecule has 118 valence electrons. The second kappa shape index (κ2) is 8.35. The van der Waals surface area contributed by atoms with Crippen molar-refractivity contribution in [3.05, 3.63) is 24.0 Å². The minimum atomic E-state index is 0.131. The number of ether oxygens (including phenoxy) is 1. The predicted molar refractivity (Wildman–Crippen MR) is 87.1 cm³/mol. The van der Waals surface area contributed by atoms with Gasteiger partial charge in [0.2, 0.25) is 0 Å². The van der Waals surface area contributed by atoms with Gasteiger partial charge in [-0.15, -0.1) is 0 Å². The smallest absolute Gasteiger partial charge is 0.0795 e. The van der Waals surface area contributed by atoms with Gasteiger partial charge in [0.05, 0.1) is 12.1 Å². The molecular weight excluding hydrogens is 262 g/mol. The molecule has 21 heavy (non-hydrogen) atoms. The summed E-state index contributed by atoms with van der Waals surface area (Å²) in [5.74, 6) is 0.609. The summed E-state index contributed by atoms with van der Waals surface area (Å²) in [6, 6.07) is 2.01. The summed E-state index contributed by atoms with van der Waals surface area (Å²) >= 11 is 0. The molecule has 3 N–H and O–H groups in total. The van der Waals surface area contributed by atoms with Gasteiger partial charge in [0.1, 0.15) is 0 Å². The highest BCUT2D eigenvalue weighted by molar-refractivity contribution is 5.46. The van der Waals surface area contributed by atoms with E-state index in [2.05, 4.69) is 17.2 Å². The molecule has 2 atom stereocenters. The molecule has 2 unspecified atom stereocenters. The SMILES string of the molecule is CCCNC(c1cnccc1N)C(OC)C1CCCCC1. The predicted octanol–water partition coefficient (Wildman–Crippen LogP) is 3.30. The van der Waals surface area contributed by atoms with Crippen molar-refractivity contribution in [3.63, 3.8) is 0 Å². The molecule has 0 aromatic carbocycles. The van der Waals surface area contributed by atoms with Crippen molar-refractivity contribution in [1.29, 1.82) is 0 Å². The van der Waals surface area contributed by atoms with E-state index in [1.165, 1.54) is 32.1 Å². The van der Waals surface area contributed by atoms with Gasteiger partial charge in [-0.1, -0.05) is 26.2 Å². The zero-order valence-electron chi connectivity index (χ0n) is 13.3. The van der Waals surface area contributed by atoms with Crippen molar-refractivity contribution in [1.82, 2.24) is 10.3 Å². The molecule has 0 saturated heterocycles. The van der Waals surface area contributed by atoms with Crippen molar-refractivity contribution in [2.45, 2.75) is 57.6 Å². The number of nitrogens with zero attached hydrogens (tertiary/aromatic N) is 1. The van der Waals surface area contributed by atoms with E-state index in [0.717, 1.165) is 24.2 Å². The third-order valence-electron chi connectivity index (χ3n) is 4.55. The zero-order valence-corrected chi connectivity index (χ0v) is 13.3. The molecule has 2 rings (SSSR count). The molecular formula is C17H29N3O. The Balaban J connectivity index is 2.22. The third-order valence-corrected chi connectivity index (χ3v) is 4.55. The number of nitrogen functional groups attached to an aromatic ring is 1. The first-order chi connectivity index (χ1) is 10.3.